The first-order valence-electron chi connectivity index (χ1n) is 12.0. The van der Waals surface area contributed by atoms with Gasteiger partial charge in [0.1, 0.15) is 11.6 Å². The van der Waals surface area contributed by atoms with Crippen LogP contribution in [0.3, 0.4) is 0 Å². The van der Waals surface area contributed by atoms with Gasteiger partial charge in [-0.3, -0.25) is 4.79 Å². The van der Waals surface area contributed by atoms with Crippen molar-refractivity contribution in [3.63, 3.8) is 0 Å². The second-order valence-corrected chi connectivity index (χ2v) is 10.4. The standard InChI is InChI=1S/C28H31F2N3O2S/c1-3-18-5-4-6-19(9-18)15-31-16-26(34)25(12-20-10-23(29)14-24(30)11-20)32-28(35)21-7-8-27-22(13-21)17-33(2)36-27/h4-11,13-14,25-26,31,34H,3,12,15-17H2,1-2H3,(H,32,35)/t25-,26+/m0/s1. The molecule has 1 heterocycles. The molecule has 0 bridgehead atoms. The fourth-order valence-electron chi connectivity index (χ4n) is 4.36. The number of hydrogen-bond donors (Lipinski definition) is 3. The summed E-state index contributed by atoms with van der Waals surface area (Å²) in [6.07, 6.45) is 0.0376. The number of carbonyl (C=O) groups is 1. The van der Waals surface area contributed by atoms with Crippen molar-refractivity contribution >= 4 is 17.9 Å². The lowest BCUT2D eigenvalue weighted by atomic mass is 9.99. The Hall–Kier alpha value is -2.78. The van der Waals surface area contributed by atoms with E-state index in [1.807, 2.05) is 31.3 Å². The van der Waals surface area contributed by atoms with Crippen LogP contribution >= 0.6 is 11.9 Å². The lowest BCUT2D eigenvalue weighted by molar-refractivity contribution is 0.0829. The molecule has 190 valence electrons. The number of amides is 1. The average Bonchev–Trinajstić information content (AvgIpc) is 3.22. The first-order chi connectivity index (χ1) is 17.3. The third-order valence-electron chi connectivity index (χ3n) is 6.21. The van der Waals surface area contributed by atoms with Crippen molar-refractivity contribution in [1.82, 2.24) is 14.9 Å². The topological polar surface area (TPSA) is 64.6 Å². The van der Waals surface area contributed by atoms with E-state index >= 15 is 0 Å². The molecule has 3 aromatic rings. The fourth-order valence-corrected chi connectivity index (χ4v) is 5.27. The molecule has 3 aromatic carbocycles. The maximum Gasteiger partial charge on any atom is 0.251 e. The lowest BCUT2D eigenvalue weighted by Gasteiger charge is -2.25. The third kappa shape index (κ3) is 6.91. The normalized spacial score (nSPS) is 14.9. The Bertz CT molecular complexity index is 1200. The minimum absolute atomic E-state index is 0.0815. The van der Waals surface area contributed by atoms with Crippen LogP contribution in [-0.2, 0) is 25.9 Å². The van der Waals surface area contributed by atoms with Gasteiger partial charge in [0.2, 0.25) is 0 Å². The van der Waals surface area contributed by atoms with Crippen LogP contribution in [0.5, 0.6) is 0 Å². The van der Waals surface area contributed by atoms with Gasteiger partial charge in [0.05, 0.1) is 12.1 Å². The molecular weight excluding hydrogens is 480 g/mol. The summed E-state index contributed by atoms with van der Waals surface area (Å²) in [7, 11) is 1.99. The summed E-state index contributed by atoms with van der Waals surface area (Å²) in [5.74, 6) is -1.73. The monoisotopic (exact) mass is 511 g/mol. The SMILES string of the molecule is CCc1cccc(CNC[C@@H](O)[C@H](Cc2cc(F)cc(F)c2)NC(=O)c2ccc3c(c2)CN(C)S3)c1. The molecule has 0 fully saturated rings. The number of aryl methyl sites for hydroxylation is 1. The minimum atomic E-state index is -0.981. The van der Waals surface area contributed by atoms with Gasteiger partial charge in [-0.1, -0.05) is 31.2 Å². The van der Waals surface area contributed by atoms with E-state index in [0.29, 0.717) is 17.7 Å². The molecule has 0 saturated heterocycles. The molecule has 0 unspecified atom stereocenters. The summed E-state index contributed by atoms with van der Waals surface area (Å²) in [6.45, 7) is 3.58. The van der Waals surface area contributed by atoms with Gasteiger partial charge in [-0.2, -0.15) is 0 Å². The first kappa shape index (κ1) is 26.3. The lowest BCUT2D eigenvalue weighted by Crippen LogP contribution is -2.48. The highest BCUT2D eigenvalue weighted by atomic mass is 32.2. The van der Waals surface area contributed by atoms with Gasteiger partial charge >= 0.3 is 0 Å². The molecule has 0 spiro atoms. The zero-order chi connectivity index (χ0) is 25.7. The number of halogens is 2. The molecule has 4 rings (SSSR count). The van der Waals surface area contributed by atoms with Crippen molar-refractivity contribution in [1.29, 1.82) is 0 Å². The molecule has 8 heteroatoms. The molecule has 0 aliphatic carbocycles. The molecule has 0 aromatic heterocycles. The summed E-state index contributed by atoms with van der Waals surface area (Å²) in [5.41, 5.74) is 4.23. The Labute approximate surface area is 215 Å². The van der Waals surface area contributed by atoms with E-state index in [2.05, 4.69) is 34.0 Å². The molecular formula is C28H31F2N3O2S. The van der Waals surface area contributed by atoms with Crippen molar-refractivity contribution in [3.05, 3.63) is 100 Å². The fraction of sp³-hybridized carbons (Fsp3) is 0.321. The van der Waals surface area contributed by atoms with E-state index < -0.39 is 23.8 Å². The number of carbonyl (C=O) groups excluding carboxylic acids is 1. The van der Waals surface area contributed by atoms with Gasteiger partial charge in [-0.25, -0.2) is 13.1 Å². The molecule has 0 radical (unpaired) electrons. The van der Waals surface area contributed by atoms with E-state index in [1.165, 1.54) is 17.7 Å². The second-order valence-electron chi connectivity index (χ2n) is 9.13. The predicted molar refractivity (Wildman–Crippen MR) is 139 cm³/mol. The Kier molecular flexibility index (Phi) is 8.74. The van der Waals surface area contributed by atoms with Gasteiger partial charge in [-0.15, -0.1) is 0 Å². The van der Waals surface area contributed by atoms with Gasteiger partial charge in [0.25, 0.3) is 5.91 Å². The van der Waals surface area contributed by atoms with Gasteiger partial charge in [0, 0.05) is 36.2 Å². The predicted octanol–water partition coefficient (Wildman–Crippen LogP) is 4.47. The van der Waals surface area contributed by atoms with Crippen LogP contribution in [0.2, 0.25) is 0 Å². The minimum Gasteiger partial charge on any atom is -0.390 e. The number of nitrogens with one attached hydrogen (secondary N) is 2. The summed E-state index contributed by atoms with van der Waals surface area (Å²) in [4.78, 5) is 14.2. The van der Waals surface area contributed by atoms with E-state index in [9.17, 15) is 18.7 Å². The number of benzene rings is 3. The van der Waals surface area contributed by atoms with Gasteiger partial charge < -0.3 is 15.7 Å². The average molecular weight is 512 g/mol. The Morgan fingerprint density at radius 3 is 2.56 bits per heavy atom. The van der Waals surface area contributed by atoms with Crippen molar-refractivity contribution in [2.45, 2.75) is 49.9 Å². The number of rotatable bonds is 10. The van der Waals surface area contributed by atoms with Crippen molar-refractivity contribution < 1.29 is 18.7 Å². The molecule has 5 nitrogen and oxygen atoms in total. The summed E-state index contributed by atoms with van der Waals surface area (Å²) in [5, 5.41) is 17.1. The highest BCUT2D eigenvalue weighted by molar-refractivity contribution is 7.97. The highest BCUT2D eigenvalue weighted by Gasteiger charge is 2.24. The van der Waals surface area contributed by atoms with Crippen molar-refractivity contribution in [2.75, 3.05) is 13.6 Å². The highest BCUT2D eigenvalue weighted by Crippen LogP contribution is 2.34. The quantitative estimate of drug-likeness (QED) is 0.351. The molecule has 36 heavy (non-hydrogen) atoms. The summed E-state index contributed by atoms with van der Waals surface area (Å²) >= 11 is 1.63. The summed E-state index contributed by atoms with van der Waals surface area (Å²) < 4.78 is 29.7. The number of fused-ring (bicyclic) bond motifs is 1. The van der Waals surface area contributed by atoms with Gasteiger partial charge in [0.15, 0.2) is 0 Å². The number of aliphatic hydroxyl groups is 1. The van der Waals surface area contributed by atoms with Crippen LogP contribution in [0.4, 0.5) is 8.78 Å². The maximum atomic E-state index is 13.8. The molecule has 1 aliphatic heterocycles. The number of aliphatic hydroxyl groups excluding tert-OH is 1. The zero-order valence-electron chi connectivity index (χ0n) is 20.4. The maximum absolute atomic E-state index is 13.8. The van der Waals surface area contributed by atoms with Crippen LogP contribution in [0.1, 0.15) is 39.5 Å². The van der Waals surface area contributed by atoms with E-state index in [1.54, 1.807) is 18.0 Å². The number of nitrogens with zero attached hydrogens (tertiary/aromatic N) is 1. The van der Waals surface area contributed by atoms with E-state index in [4.69, 9.17) is 0 Å². The molecule has 3 N–H and O–H groups in total. The Morgan fingerprint density at radius 2 is 1.81 bits per heavy atom. The van der Waals surface area contributed by atoms with Crippen LogP contribution in [0.15, 0.2) is 65.6 Å². The Balaban J connectivity index is 1.46. The second kappa shape index (κ2) is 12.0. The van der Waals surface area contributed by atoms with E-state index in [-0.39, 0.29) is 18.9 Å². The van der Waals surface area contributed by atoms with Crippen LogP contribution in [0.25, 0.3) is 0 Å². The van der Waals surface area contributed by atoms with Crippen LogP contribution < -0.4 is 10.6 Å². The van der Waals surface area contributed by atoms with Crippen molar-refractivity contribution in [3.8, 4) is 0 Å². The largest absolute Gasteiger partial charge is 0.390 e. The van der Waals surface area contributed by atoms with Crippen molar-refractivity contribution in [2.24, 2.45) is 0 Å². The van der Waals surface area contributed by atoms with Crippen LogP contribution in [0, 0.1) is 11.6 Å². The molecule has 2 atom stereocenters. The Morgan fingerprint density at radius 1 is 1.06 bits per heavy atom. The van der Waals surface area contributed by atoms with Crippen LogP contribution in [-0.4, -0.2) is 41.1 Å². The zero-order valence-corrected chi connectivity index (χ0v) is 21.2. The smallest absolute Gasteiger partial charge is 0.251 e. The molecule has 1 amide bonds. The first-order valence-corrected chi connectivity index (χ1v) is 12.8. The molecule has 1 aliphatic rings. The summed E-state index contributed by atoms with van der Waals surface area (Å²) in [6, 6.07) is 16.2. The number of hydrogen-bond acceptors (Lipinski definition) is 5. The molecule has 0 saturated carbocycles. The van der Waals surface area contributed by atoms with Gasteiger partial charge in [-0.05, 0) is 84.4 Å². The van der Waals surface area contributed by atoms with E-state index in [0.717, 1.165) is 35.1 Å². The third-order valence-corrected chi connectivity index (χ3v) is 7.25.